The fraction of sp³-hybridized carbons (Fsp3) is 0.136. The molecule has 0 fully saturated rings. The van der Waals surface area contributed by atoms with Gasteiger partial charge in [-0.3, -0.25) is 4.79 Å². The zero-order valence-electron chi connectivity index (χ0n) is 15.4. The van der Waals surface area contributed by atoms with E-state index in [2.05, 4.69) is 5.32 Å². The molecule has 0 spiro atoms. The molecule has 0 radical (unpaired) electrons. The molecule has 6 heteroatoms. The summed E-state index contributed by atoms with van der Waals surface area (Å²) >= 11 is 0. The third-order valence-corrected chi connectivity index (χ3v) is 6.13. The third-order valence-electron chi connectivity index (χ3n) is 4.38. The number of benzene rings is 3. The highest BCUT2D eigenvalue weighted by Crippen LogP contribution is 2.24. The van der Waals surface area contributed by atoms with E-state index in [1.54, 1.807) is 49.4 Å². The van der Waals surface area contributed by atoms with E-state index in [4.69, 9.17) is 0 Å². The lowest BCUT2D eigenvalue weighted by Crippen LogP contribution is -2.14. The van der Waals surface area contributed by atoms with Gasteiger partial charge in [0.25, 0.3) is 0 Å². The van der Waals surface area contributed by atoms with Crippen LogP contribution in [0.15, 0.2) is 77.7 Å². The lowest BCUT2D eigenvalue weighted by atomic mass is 10.1. The predicted octanol–water partition coefficient (Wildman–Crippen LogP) is 4.03. The summed E-state index contributed by atoms with van der Waals surface area (Å²) in [5, 5.41) is 12.4. The first-order chi connectivity index (χ1) is 13.4. The van der Waals surface area contributed by atoms with Crippen LogP contribution in [-0.2, 0) is 21.1 Å². The van der Waals surface area contributed by atoms with Crippen molar-refractivity contribution in [2.75, 3.05) is 11.1 Å². The molecule has 0 unspecified atom stereocenters. The van der Waals surface area contributed by atoms with Crippen LogP contribution in [0, 0.1) is 0 Å². The summed E-state index contributed by atoms with van der Waals surface area (Å²) in [5.41, 5.74) is 3.23. The van der Waals surface area contributed by atoms with Gasteiger partial charge in [0.15, 0.2) is 9.84 Å². The molecule has 0 aliphatic heterocycles. The number of nitrogens with one attached hydrogen (secondary N) is 1. The average Bonchev–Trinajstić information content (AvgIpc) is 2.69. The fourth-order valence-electron chi connectivity index (χ4n) is 2.80. The lowest BCUT2D eigenvalue weighted by molar-refractivity contribution is -0.115. The van der Waals surface area contributed by atoms with Crippen molar-refractivity contribution in [2.24, 2.45) is 0 Å². The Kier molecular flexibility index (Phi) is 5.80. The first-order valence-corrected chi connectivity index (χ1v) is 10.5. The van der Waals surface area contributed by atoms with Crippen LogP contribution >= 0.6 is 0 Å². The monoisotopic (exact) mass is 395 g/mol. The number of sulfone groups is 1. The molecule has 5 nitrogen and oxygen atoms in total. The van der Waals surface area contributed by atoms with Gasteiger partial charge in [-0.25, -0.2) is 8.42 Å². The second-order valence-corrected chi connectivity index (χ2v) is 8.68. The number of phenolic OH excluding ortho intramolecular Hbond substituents is 1. The minimum Gasteiger partial charge on any atom is -0.508 e. The smallest absolute Gasteiger partial charge is 0.228 e. The molecule has 0 aromatic heterocycles. The van der Waals surface area contributed by atoms with Gasteiger partial charge in [-0.2, -0.15) is 0 Å². The molecule has 0 heterocycles. The molecule has 0 aliphatic carbocycles. The quantitative estimate of drug-likeness (QED) is 0.660. The van der Waals surface area contributed by atoms with Gasteiger partial charge in [0.1, 0.15) is 5.75 Å². The van der Waals surface area contributed by atoms with Crippen LogP contribution in [0.4, 0.5) is 5.69 Å². The summed E-state index contributed by atoms with van der Waals surface area (Å²) < 4.78 is 23.7. The van der Waals surface area contributed by atoms with Crippen molar-refractivity contribution < 1.29 is 18.3 Å². The highest BCUT2D eigenvalue weighted by atomic mass is 32.2. The Morgan fingerprint density at radius 2 is 1.61 bits per heavy atom. The molecule has 1 amide bonds. The summed E-state index contributed by atoms with van der Waals surface area (Å²) in [6, 6.07) is 20.7. The first-order valence-electron chi connectivity index (χ1n) is 8.88. The van der Waals surface area contributed by atoms with Gasteiger partial charge in [-0.1, -0.05) is 43.3 Å². The number of hydrogen-bond donors (Lipinski definition) is 2. The molecule has 28 heavy (non-hydrogen) atoms. The van der Waals surface area contributed by atoms with Crippen molar-refractivity contribution in [3.8, 4) is 16.9 Å². The van der Waals surface area contributed by atoms with Crippen LogP contribution in [0.25, 0.3) is 11.1 Å². The van der Waals surface area contributed by atoms with Crippen LogP contribution in [0.1, 0.15) is 12.5 Å². The molecule has 144 valence electrons. The van der Waals surface area contributed by atoms with Crippen LogP contribution in [0.5, 0.6) is 5.75 Å². The van der Waals surface area contributed by atoms with Gasteiger partial charge >= 0.3 is 0 Å². The molecule has 3 rings (SSSR count). The highest BCUT2D eigenvalue weighted by Gasteiger charge is 2.12. The Labute approximate surface area is 164 Å². The highest BCUT2D eigenvalue weighted by molar-refractivity contribution is 7.91. The van der Waals surface area contributed by atoms with Crippen LogP contribution in [0.3, 0.4) is 0 Å². The summed E-state index contributed by atoms with van der Waals surface area (Å²) in [6.07, 6.45) is 0.154. The number of carbonyl (C=O) groups is 1. The molecule has 0 bridgehead atoms. The molecule has 0 atom stereocenters. The van der Waals surface area contributed by atoms with Crippen LogP contribution in [-0.4, -0.2) is 25.2 Å². The molecule has 0 saturated carbocycles. The number of aromatic hydroxyl groups is 1. The number of phenols is 1. The fourth-order valence-corrected chi connectivity index (χ4v) is 3.69. The van der Waals surface area contributed by atoms with Gasteiger partial charge < -0.3 is 10.4 Å². The van der Waals surface area contributed by atoms with Crippen molar-refractivity contribution in [3.05, 3.63) is 78.4 Å². The Morgan fingerprint density at radius 1 is 0.929 bits per heavy atom. The SMILES string of the molecule is CCS(=O)(=O)c1ccc(CC(=O)Nc2ccc(-c3cccc(O)c3)cc2)cc1. The number of anilines is 1. The van der Waals surface area contributed by atoms with E-state index >= 15 is 0 Å². The molecule has 0 aliphatic rings. The minimum atomic E-state index is -3.24. The normalized spacial score (nSPS) is 11.2. The van der Waals surface area contributed by atoms with Crippen molar-refractivity contribution in [3.63, 3.8) is 0 Å². The van der Waals surface area contributed by atoms with Gasteiger partial charge in [0.05, 0.1) is 17.1 Å². The molecular weight excluding hydrogens is 374 g/mol. The molecular formula is C22H21NO4S. The first kappa shape index (κ1) is 19.6. The van der Waals surface area contributed by atoms with Crippen LogP contribution < -0.4 is 5.32 Å². The minimum absolute atomic E-state index is 0.0471. The van der Waals surface area contributed by atoms with Gasteiger partial charge in [-0.15, -0.1) is 0 Å². The van der Waals surface area contributed by atoms with Crippen molar-refractivity contribution in [1.82, 2.24) is 0 Å². The number of hydrogen-bond acceptors (Lipinski definition) is 4. The Bertz CT molecular complexity index is 1070. The van der Waals surface area contributed by atoms with E-state index in [0.29, 0.717) is 5.69 Å². The standard InChI is InChI=1S/C22H21NO4S/c1-2-28(26,27)21-12-6-16(7-13-21)14-22(25)23-19-10-8-17(9-11-19)18-4-3-5-20(24)15-18/h3-13,15,24H,2,14H2,1H3,(H,23,25). The third kappa shape index (κ3) is 4.78. The van der Waals surface area contributed by atoms with Gasteiger partial charge in [0, 0.05) is 5.69 Å². The van der Waals surface area contributed by atoms with Crippen LogP contribution in [0.2, 0.25) is 0 Å². The maximum Gasteiger partial charge on any atom is 0.228 e. The molecule has 3 aromatic rings. The number of rotatable bonds is 6. The Balaban J connectivity index is 1.63. The van der Waals surface area contributed by atoms with E-state index in [1.165, 1.54) is 12.1 Å². The molecule has 0 saturated heterocycles. The largest absolute Gasteiger partial charge is 0.508 e. The Morgan fingerprint density at radius 3 is 2.21 bits per heavy atom. The summed E-state index contributed by atoms with van der Waals surface area (Å²) in [5.74, 6) is 0.0645. The molecule has 3 aromatic carbocycles. The van der Waals surface area contributed by atoms with Gasteiger partial charge in [0.2, 0.25) is 5.91 Å². The maximum atomic E-state index is 12.3. The van der Waals surface area contributed by atoms with E-state index in [0.717, 1.165) is 16.7 Å². The van der Waals surface area contributed by atoms with E-state index in [-0.39, 0.29) is 28.7 Å². The van der Waals surface area contributed by atoms with E-state index in [9.17, 15) is 18.3 Å². The maximum absolute atomic E-state index is 12.3. The zero-order valence-corrected chi connectivity index (χ0v) is 16.2. The Hall–Kier alpha value is -3.12. The predicted molar refractivity (Wildman–Crippen MR) is 110 cm³/mol. The second kappa shape index (κ2) is 8.27. The lowest BCUT2D eigenvalue weighted by Gasteiger charge is -2.08. The average molecular weight is 395 g/mol. The number of carbonyl (C=O) groups excluding carboxylic acids is 1. The van der Waals surface area contributed by atoms with Crippen molar-refractivity contribution in [1.29, 1.82) is 0 Å². The van der Waals surface area contributed by atoms with E-state index < -0.39 is 9.84 Å². The van der Waals surface area contributed by atoms with Gasteiger partial charge in [-0.05, 0) is 53.1 Å². The number of amides is 1. The second-order valence-electron chi connectivity index (χ2n) is 6.40. The summed E-state index contributed by atoms with van der Waals surface area (Å²) in [6.45, 7) is 1.60. The summed E-state index contributed by atoms with van der Waals surface area (Å²) in [7, 11) is -3.24. The van der Waals surface area contributed by atoms with Crippen molar-refractivity contribution in [2.45, 2.75) is 18.2 Å². The van der Waals surface area contributed by atoms with Crippen molar-refractivity contribution >= 4 is 21.4 Å². The topological polar surface area (TPSA) is 83.5 Å². The molecule has 2 N–H and O–H groups in total. The van der Waals surface area contributed by atoms with E-state index in [1.807, 2.05) is 18.2 Å². The zero-order chi connectivity index (χ0) is 20.1. The summed E-state index contributed by atoms with van der Waals surface area (Å²) in [4.78, 5) is 12.5.